The molecule has 1 aromatic carbocycles. The van der Waals surface area contributed by atoms with Crippen molar-refractivity contribution in [3.8, 4) is 0 Å². The topological polar surface area (TPSA) is 72.9 Å². The second kappa shape index (κ2) is 5.07. The van der Waals surface area contributed by atoms with E-state index in [1.165, 1.54) is 11.3 Å². The Kier molecular flexibility index (Phi) is 3.25. The third kappa shape index (κ3) is 2.09. The van der Waals surface area contributed by atoms with E-state index in [-0.39, 0.29) is 5.91 Å². The number of thiophene rings is 1. The predicted molar refractivity (Wildman–Crippen MR) is 79.5 cm³/mol. The number of nitrogens with two attached hydrogens (primary N) is 1. The van der Waals surface area contributed by atoms with Crippen molar-refractivity contribution in [3.63, 3.8) is 0 Å². The highest BCUT2D eigenvalue weighted by atomic mass is 32.1. The Morgan fingerprint density at radius 3 is 2.90 bits per heavy atom. The van der Waals surface area contributed by atoms with Gasteiger partial charge in [-0.15, -0.1) is 11.3 Å². The van der Waals surface area contributed by atoms with E-state index in [0.717, 1.165) is 21.3 Å². The van der Waals surface area contributed by atoms with Crippen molar-refractivity contribution in [2.75, 3.05) is 0 Å². The third-order valence-corrected chi connectivity index (χ3v) is 4.48. The van der Waals surface area contributed by atoms with Crippen LogP contribution in [0.5, 0.6) is 0 Å². The number of fused-ring (bicyclic) bond motifs is 1. The van der Waals surface area contributed by atoms with Crippen LogP contribution >= 0.6 is 11.3 Å². The molecule has 0 bridgehead atoms. The number of carbonyl (C=O) groups excluding carboxylic acids is 1. The molecule has 0 saturated heterocycles. The van der Waals surface area contributed by atoms with E-state index in [2.05, 4.69) is 10.5 Å². The van der Waals surface area contributed by atoms with Gasteiger partial charge in [0.1, 0.15) is 0 Å². The van der Waals surface area contributed by atoms with Gasteiger partial charge in [-0.2, -0.15) is 5.10 Å². The molecule has 20 heavy (non-hydrogen) atoms. The summed E-state index contributed by atoms with van der Waals surface area (Å²) in [4.78, 5) is 12.6. The Morgan fingerprint density at radius 2 is 2.20 bits per heavy atom. The van der Waals surface area contributed by atoms with Gasteiger partial charge >= 0.3 is 0 Å². The number of amides is 1. The van der Waals surface area contributed by atoms with E-state index in [1.54, 1.807) is 6.20 Å². The van der Waals surface area contributed by atoms with Crippen molar-refractivity contribution in [3.05, 3.63) is 52.7 Å². The SMILES string of the molecule is Cc1ccnn1Cc1c(C(=O)NN)sc2ccccc12. The summed E-state index contributed by atoms with van der Waals surface area (Å²) in [5, 5.41) is 5.36. The summed E-state index contributed by atoms with van der Waals surface area (Å²) in [6.45, 7) is 2.55. The third-order valence-electron chi connectivity index (χ3n) is 3.27. The highest BCUT2D eigenvalue weighted by Crippen LogP contribution is 2.31. The molecule has 3 N–H and O–H groups in total. The molecule has 0 saturated carbocycles. The number of aryl methyl sites for hydroxylation is 1. The van der Waals surface area contributed by atoms with Gasteiger partial charge in [0.25, 0.3) is 5.91 Å². The molecule has 0 radical (unpaired) electrons. The molecule has 3 rings (SSSR count). The van der Waals surface area contributed by atoms with Crippen LogP contribution in [0.15, 0.2) is 36.5 Å². The summed E-state index contributed by atoms with van der Waals surface area (Å²) in [7, 11) is 0. The molecule has 0 spiro atoms. The lowest BCUT2D eigenvalue weighted by molar-refractivity contribution is 0.0957. The quantitative estimate of drug-likeness (QED) is 0.440. The number of aromatic nitrogens is 2. The molecule has 2 aromatic heterocycles. The van der Waals surface area contributed by atoms with Gasteiger partial charge in [-0.05, 0) is 24.4 Å². The first-order valence-corrected chi connectivity index (χ1v) is 7.02. The maximum absolute atomic E-state index is 12.0. The maximum Gasteiger partial charge on any atom is 0.275 e. The van der Waals surface area contributed by atoms with Crippen molar-refractivity contribution in [2.24, 2.45) is 5.84 Å². The number of nitrogens with zero attached hydrogens (tertiary/aromatic N) is 2. The van der Waals surface area contributed by atoms with Crippen LogP contribution in [0.4, 0.5) is 0 Å². The molecule has 0 unspecified atom stereocenters. The lowest BCUT2D eigenvalue weighted by Crippen LogP contribution is -2.30. The summed E-state index contributed by atoms with van der Waals surface area (Å²) >= 11 is 1.45. The minimum Gasteiger partial charge on any atom is -0.289 e. The predicted octanol–water partition coefficient (Wildman–Crippen LogP) is 2.06. The zero-order valence-electron chi connectivity index (χ0n) is 11.0. The molecule has 6 heteroatoms. The van der Waals surface area contributed by atoms with Crippen LogP contribution in [0.3, 0.4) is 0 Å². The van der Waals surface area contributed by atoms with Gasteiger partial charge in [-0.1, -0.05) is 18.2 Å². The van der Waals surface area contributed by atoms with Gasteiger partial charge in [-0.25, -0.2) is 5.84 Å². The first kappa shape index (κ1) is 12.8. The molecule has 0 atom stereocenters. The molecule has 3 aromatic rings. The van der Waals surface area contributed by atoms with E-state index < -0.39 is 0 Å². The van der Waals surface area contributed by atoms with Gasteiger partial charge in [0, 0.05) is 22.2 Å². The fourth-order valence-electron chi connectivity index (χ4n) is 2.22. The van der Waals surface area contributed by atoms with E-state index >= 15 is 0 Å². The van der Waals surface area contributed by atoms with Crippen LogP contribution in [0.25, 0.3) is 10.1 Å². The first-order valence-electron chi connectivity index (χ1n) is 6.20. The molecule has 5 nitrogen and oxygen atoms in total. The Balaban J connectivity index is 2.16. The number of hydrogen-bond acceptors (Lipinski definition) is 4. The van der Waals surface area contributed by atoms with E-state index in [0.29, 0.717) is 11.4 Å². The normalized spacial score (nSPS) is 10.9. The van der Waals surface area contributed by atoms with Gasteiger partial charge in [0.05, 0.1) is 11.4 Å². The van der Waals surface area contributed by atoms with Crippen molar-refractivity contribution >= 4 is 27.3 Å². The summed E-state index contributed by atoms with van der Waals surface area (Å²) in [5.74, 6) is 5.02. The Labute approximate surface area is 120 Å². The fraction of sp³-hybridized carbons (Fsp3) is 0.143. The van der Waals surface area contributed by atoms with Crippen LogP contribution in [-0.4, -0.2) is 15.7 Å². The summed E-state index contributed by atoms with van der Waals surface area (Å²) in [6.07, 6.45) is 1.76. The van der Waals surface area contributed by atoms with Crippen LogP contribution in [0, 0.1) is 6.92 Å². The fourth-order valence-corrected chi connectivity index (χ4v) is 3.34. The molecule has 102 valence electrons. The minimum absolute atomic E-state index is 0.258. The van der Waals surface area contributed by atoms with Gasteiger partial charge in [0.15, 0.2) is 0 Å². The summed E-state index contributed by atoms with van der Waals surface area (Å²) in [6, 6.07) is 9.90. The van der Waals surface area contributed by atoms with Gasteiger partial charge in [0.2, 0.25) is 0 Å². The molecular weight excluding hydrogens is 272 g/mol. The van der Waals surface area contributed by atoms with Gasteiger partial charge in [-0.3, -0.25) is 14.9 Å². The van der Waals surface area contributed by atoms with E-state index in [9.17, 15) is 4.79 Å². The van der Waals surface area contributed by atoms with E-state index in [1.807, 2.05) is 41.9 Å². The number of carbonyl (C=O) groups is 1. The number of nitrogens with one attached hydrogen (secondary N) is 1. The molecule has 0 aliphatic heterocycles. The highest BCUT2D eigenvalue weighted by Gasteiger charge is 2.18. The van der Waals surface area contributed by atoms with Crippen LogP contribution in [0.2, 0.25) is 0 Å². The molecule has 2 heterocycles. The van der Waals surface area contributed by atoms with Crippen LogP contribution < -0.4 is 11.3 Å². The Morgan fingerprint density at radius 1 is 1.40 bits per heavy atom. The Hall–Kier alpha value is -2.18. The van der Waals surface area contributed by atoms with Crippen molar-refractivity contribution in [1.29, 1.82) is 0 Å². The smallest absolute Gasteiger partial charge is 0.275 e. The zero-order valence-corrected chi connectivity index (χ0v) is 11.8. The lowest BCUT2D eigenvalue weighted by atomic mass is 10.1. The van der Waals surface area contributed by atoms with E-state index in [4.69, 9.17) is 5.84 Å². The van der Waals surface area contributed by atoms with Crippen LogP contribution in [-0.2, 0) is 6.54 Å². The average molecular weight is 286 g/mol. The second-order valence-corrected chi connectivity index (χ2v) is 5.56. The number of hydrogen-bond donors (Lipinski definition) is 2. The standard InChI is InChI=1S/C14H14N4OS/c1-9-6-7-16-18(9)8-11-10-4-2-3-5-12(10)20-13(11)14(19)17-15/h2-7H,8,15H2,1H3,(H,17,19). The summed E-state index contributed by atoms with van der Waals surface area (Å²) in [5.41, 5.74) is 4.23. The van der Waals surface area contributed by atoms with Crippen molar-refractivity contribution < 1.29 is 4.79 Å². The molecular formula is C14H14N4OS. The largest absolute Gasteiger partial charge is 0.289 e. The summed E-state index contributed by atoms with van der Waals surface area (Å²) < 4.78 is 2.95. The number of rotatable bonds is 3. The number of benzene rings is 1. The highest BCUT2D eigenvalue weighted by molar-refractivity contribution is 7.21. The maximum atomic E-state index is 12.0. The molecule has 0 aliphatic rings. The number of hydrazine groups is 1. The zero-order chi connectivity index (χ0) is 14.1. The van der Waals surface area contributed by atoms with Crippen LogP contribution in [0.1, 0.15) is 20.9 Å². The molecule has 0 aliphatic carbocycles. The lowest BCUT2D eigenvalue weighted by Gasteiger charge is -2.06. The van der Waals surface area contributed by atoms with Crippen molar-refractivity contribution in [1.82, 2.24) is 15.2 Å². The van der Waals surface area contributed by atoms with Crippen molar-refractivity contribution in [2.45, 2.75) is 13.5 Å². The average Bonchev–Trinajstić information content (AvgIpc) is 3.03. The Bertz CT molecular complexity index is 774. The second-order valence-electron chi connectivity index (χ2n) is 4.51. The molecule has 0 fully saturated rings. The van der Waals surface area contributed by atoms with Gasteiger partial charge < -0.3 is 0 Å². The minimum atomic E-state index is -0.258. The number of nitrogen functional groups attached to an aromatic ring is 1. The molecule has 1 amide bonds. The first-order chi connectivity index (χ1) is 9.70. The monoisotopic (exact) mass is 286 g/mol.